The van der Waals surface area contributed by atoms with Crippen LogP contribution in [0.15, 0.2) is 29.2 Å². The number of hydrogen-bond acceptors (Lipinski definition) is 5. The van der Waals surface area contributed by atoms with Crippen molar-refractivity contribution < 1.29 is 18.0 Å². The molecule has 1 atom stereocenters. The normalized spacial score (nSPS) is 16.8. The summed E-state index contributed by atoms with van der Waals surface area (Å²) in [4.78, 5) is 25.3. The summed E-state index contributed by atoms with van der Waals surface area (Å²) in [5, 5.41) is 6.03. The van der Waals surface area contributed by atoms with Gasteiger partial charge in [0, 0.05) is 51.3 Å². The SMILES string of the molecule is CCN[C@H](C)CNC(=O)c1ccc(S(=O)(=O)N2CCN(C(C)=O)CC2)cc1. The van der Waals surface area contributed by atoms with Crippen LogP contribution in [-0.4, -0.2) is 74.7 Å². The molecule has 1 aliphatic heterocycles. The number of nitrogens with zero attached hydrogens (tertiary/aromatic N) is 2. The van der Waals surface area contributed by atoms with Crippen LogP contribution in [0.2, 0.25) is 0 Å². The van der Waals surface area contributed by atoms with Gasteiger partial charge in [-0.1, -0.05) is 6.92 Å². The van der Waals surface area contributed by atoms with Crippen LogP contribution in [-0.2, 0) is 14.8 Å². The van der Waals surface area contributed by atoms with Gasteiger partial charge in [0.1, 0.15) is 0 Å². The van der Waals surface area contributed by atoms with Crippen molar-refractivity contribution in [3.05, 3.63) is 29.8 Å². The number of piperazine rings is 1. The van der Waals surface area contributed by atoms with Crippen LogP contribution in [0.25, 0.3) is 0 Å². The second-order valence-corrected chi connectivity index (χ2v) is 8.54. The van der Waals surface area contributed by atoms with Crippen molar-refractivity contribution in [3.8, 4) is 0 Å². The van der Waals surface area contributed by atoms with Gasteiger partial charge in [0.2, 0.25) is 15.9 Å². The molecule has 1 heterocycles. The maximum atomic E-state index is 12.7. The van der Waals surface area contributed by atoms with Gasteiger partial charge >= 0.3 is 0 Å². The molecule has 2 amide bonds. The number of amides is 2. The van der Waals surface area contributed by atoms with E-state index in [0.29, 0.717) is 25.2 Å². The Bertz CT molecular complexity index is 756. The smallest absolute Gasteiger partial charge is 0.251 e. The fraction of sp³-hybridized carbons (Fsp3) is 0.556. The molecule has 27 heavy (non-hydrogen) atoms. The first kappa shape index (κ1) is 21.3. The number of rotatable bonds is 7. The lowest BCUT2D eigenvalue weighted by Gasteiger charge is -2.33. The van der Waals surface area contributed by atoms with Crippen molar-refractivity contribution in [3.63, 3.8) is 0 Å². The zero-order valence-corrected chi connectivity index (χ0v) is 16.9. The monoisotopic (exact) mass is 396 g/mol. The summed E-state index contributed by atoms with van der Waals surface area (Å²) in [7, 11) is -3.63. The second-order valence-electron chi connectivity index (χ2n) is 6.60. The van der Waals surface area contributed by atoms with E-state index >= 15 is 0 Å². The van der Waals surface area contributed by atoms with E-state index in [1.807, 2.05) is 13.8 Å². The first-order valence-corrected chi connectivity index (χ1v) is 10.6. The highest BCUT2D eigenvalue weighted by atomic mass is 32.2. The summed E-state index contributed by atoms with van der Waals surface area (Å²) in [5.74, 6) is -0.287. The Hall–Kier alpha value is -1.97. The number of nitrogens with one attached hydrogen (secondary N) is 2. The number of sulfonamides is 1. The van der Waals surface area contributed by atoms with E-state index in [9.17, 15) is 18.0 Å². The van der Waals surface area contributed by atoms with Crippen LogP contribution in [0.4, 0.5) is 0 Å². The molecule has 0 aliphatic carbocycles. The van der Waals surface area contributed by atoms with Gasteiger partial charge in [-0.15, -0.1) is 0 Å². The van der Waals surface area contributed by atoms with Crippen molar-refractivity contribution >= 4 is 21.8 Å². The van der Waals surface area contributed by atoms with Crippen LogP contribution in [0, 0.1) is 0 Å². The molecule has 0 spiro atoms. The highest BCUT2D eigenvalue weighted by Gasteiger charge is 2.29. The van der Waals surface area contributed by atoms with Crippen LogP contribution in [0.5, 0.6) is 0 Å². The van der Waals surface area contributed by atoms with Crippen molar-refractivity contribution in [2.75, 3.05) is 39.3 Å². The Morgan fingerprint density at radius 2 is 1.70 bits per heavy atom. The summed E-state index contributed by atoms with van der Waals surface area (Å²) in [6.07, 6.45) is 0. The predicted molar refractivity (Wildman–Crippen MR) is 103 cm³/mol. The minimum atomic E-state index is -3.63. The van der Waals surface area contributed by atoms with Crippen LogP contribution in [0.1, 0.15) is 31.1 Å². The average molecular weight is 397 g/mol. The van der Waals surface area contributed by atoms with E-state index in [1.165, 1.54) is 35.5 Å². The molecule has 1 aromatic rings. The van der Waals surface area contributed by atoms with E-state index in [0.717, 1.165) is 6.54 Å². The quantitative estimate of drug-likeness (QED) is 0.689. The van der Waals surface area contributed by atoms with E-state index in [1.54, 1.807) is 4.90 Å². The molecule has 2 N–H and O–H groups in total. The highest BCUT2D eigenvalue weighted by Crippen LogP contribution is 2.18. The number of carbonyl (C=O) groups is 2. The fourth-order valence-electron chi connectivity index (χ4n) is 2.94. The molecule has 9 heteroatoms. The van der Waals surface area contributed by atoms with Gasteiger partial charge in [-0.2, -0.15) is 4.31 Å². The molecule has 8 nitrogen and oxygen atoms in total. The van der Waals surface area contributed by atoms with Gasteiger partial charge in [-0.05, 0) is 37.7 Å². The fourth-order valence-corrected chi connectivity index (χ4v) is 4.36. The maximum Gasteiger partial charge on any atom is 0.251 e. The van der Waals surface area contributed by atoms with E-state index in [-0.39, 0.29) is 35.8 Å². The number of benzene rings is 1. The highest BCUT2D eigenvalue weighted by molar-refractivity contribution is 7.89. The number of hydrogen-bond donors (Lipinski definition) is 2. The lowest BCUT2D eigenvalue weighted by Crippen LogP contribution is -2.49. The maximum absolute atomic E-state index is 12.7. The van der Waals surface area contributed by atoms with Crippen molar-refractivity contribution in [1.82, 2.24) is 19.8 Å². The summed E-state index contributed by atoms with van der Waals surface area (Å²) in [6, 6.07) is 6.11. The number of carbonyl (C=O) groups excluding carboxylic acids is 2. The third kappa shape index (κ3) is 5.50. The second kappa shape index (κ2) is 9.29. The molecule has 0 radical (unpaired) electrons. The third-order valence-corrected chi connectivity index (χ3v) is 6.47. The molecule has 150 valence electrons. The lowest BCUT2D eigenvalue weighted by molar-refractivity contribution is -0.129. The zero-order chi connectivity index (χ0) is 20.0. The topological polar surface area (TPSA) is 98.8 Å². The van der Waals surface area contributed by atoms with Gasteiger partial charge in [-0.3, -0.25) is 9.59 Å². The molecule has 1 fully saturated rings. The molecular weight excluding hydrogens is 368 g/mol. The first-order chi connectivity index (χ1) is 12.8. The Morgan fingerprint density at radius 3 is 2.22 bits per heavy atom. The molecule has 0 bridgehead atoms. The third-order valence-electron chi connectivity index (χ3n) is 4.56. The summed E-state index contributed by atoms with van der Waals surface area (Å²) < 4.78 is 26.9. The van der Waals surface area contributed by atoms with Crippen LogP contribution >= 0.6 is 0 Å². The summed E-state index contributed by atoms with van der Waals surface area (Å²) >= 11 is 0. The molecular formula is C18H28N4O4S. The standard InChI is InChI=1S/C18H28N4O4S/c1-4-19-14(2)13-20-18(24)16-5-7-17(8-6-16)27(25,26)22-11-9-21(10-12-22)15(3)23/h5-8,14,19H,4,9-13H2,1-3H3,(H,20,24)/t14-/m1/s1. The Labute approximate surface area is 161 Å². The minimum absolute atomic E-state index is 0.0501. The lowest BCUT2D eigenvalue weighted by atomic mass is 10.2. The Kier molecular flexibility index (Phi) is 7.34. The first-order valence-electron chi connectivity index (χ1n) is 9.13. The van der Waals surface area contributed by atoms with Gasteiger partial charge in [0.15, 0.2) is 0 Å². The average Bonchev–Trinajstić information content (AvgIpc) is 2.66. The van der Waals surface area contributed by atoms with Crippen molar-refractivity contribution in [2.24, 2.45) is 0 Å². The summed E-state index contributed by atoms with van der Waals surface area (Å²) in [6.45, 7) is 8.09. The van der Waals surface area contributed by atoms with E-state index in [2.05, 4.69) is 10.6 Å². The van der Waals surface area contributed by atoms with Crippen molar-refractivity contribution in [2.45, 2.75) is 31.7 Å². The molecule has 1 saturated heterocycles. The molecule has 0 aromatic heterocycles. The van der Waals surface area contributed by atoms with Crippen LogP contribution in [0.3, 0.4) is 0 Å². The molecule has 2 rings (SSSR count). The number of likely N-dealkylation sites (N-methyl/N-ethyl adjacent to an activating group) is 1. The van der Waals surface area contributed by atoms with Gasteiger partial charge < -0.3 is 15.5 Å². The Balaban J connectivity index is 1.99. The minimum Gasteiger partial charge on any atom is -0.350 e. The largest absolute Gasteiger partial charge is 0.350 e. The molecule has 1 aliphatic rings. The van der Waals surface area contributed by atoms with Gasteiger partial charge in [0.25, 0.3) is 5.91 Å². The molecule has 1 aromatic carbocycles. The zero-order valence-electron chi connectivity index (χ0n) is 16.1. The van der Waals surface area contributed by atoms with Gasteiger partial charge in [0.05, 0.1) is 4.90 Å². The van der Waals surface area contributed by atoms with Crippen LogP contribution < -0.4 is 10.6 Å². The van der Waals surface area contributed by atoms with Crippen molar-refractivity contribution in [1.29, 1.82) is 0 Å². The Morgan fingerprint density at radius 1 is 1.11 bits per heavy atom. The van der Waals surface area contributed by atoms with E-state index in [4.69, 9.17) is 0 Å². The predicted octanol–water partition coefficient (Wildman–Crippen LogP) is 0.267. The molecule has 0 unspecified atom stereocenters. The van der Waals surface area contributed by atoms with E-state index < -0.39 is 10.0 Å². The molecule has 0 saturated carbocycles. The summed E-state index contributed by atoms with van der Waals surface area (Å²) in [5.41, 5.74) is 0.416. The van der Waals surface area contributed by atoms with Gasteiger partial charge in [-0.25, -0.2) is 8.42 Å².